The number of aliphatic hydroxyl groups excluding tert-OH is 1. The van der Waals surface area contributed by atoms with E-state index in [0.717, 1.165) is 37.9 Å². The minimum atomic E-state index is -0.598. The largest absolute Gasteiger partial charge is 0.508 e. The van der Waals surface area contributed by atoms with Gasteiger partial charge in [-0.1, -0.05) is 6.07 Å². The molecule has 3 rings (SSSR count). The molecule has 2 aliphatic rings. The Balaban J connectivity index is 1.93. The number of rotatable bonds is 4. The third kappa shape index (κ3) is 2.17. The molecule has 1 saturated carbocycles. The Morgan fingerprint density at radius 1 is 1.40 bits per heavy atom. The van der Waals surface area contributed by atoms with E-state index in [1.807, 2.05) is 6.07 Å². The fraction of sp³-hybridized carbons (Fsp3) is 0.625. The third-order valence-electron chi connectivity index (χ3n) is 4.79. The van der Waals surface area contributed by atoms with E-state index in [0.29, 0.717) is 11.8 Å². The van der Waals surface area contributed by atoms with Crippen LogP contribution in [0.5, 0.6) is 11.5 Å². The van der Waals surface area contributed by atoms with Crippen molar-refractivity contribution >= 4 is 0 Å². The summed E-state index contributed by atoms with van der Waals surface area (Å²) in [5.74, 6) is 1.11. The van der Waals surface area contributed by atoms with Gasteiger partial charge in [-0.15, -0.1) is 0 Å². The predicted octanol–water partition coefficient (Wildman–Crippen LogP) is 2.78. The molecule has 1 aromatic carbocycles. The molecule has 0 amide bonds. The number of hydrogen-bond donors (Lipinski definition) is 2. The summed E-state index contributed by atoms with van der Waals surface area (Å²) in [5.41, 5.74) is 1.18. The van der Waals surface area contributed by atoms with Crippen LogP contribution in [0.15, 0.2) is 18.2 Å². The highest BCUT2D eigenvalue weighted by Gasteiger charge is 2.50. The molecular formula is C16H22O4. The van der Waals surface area contributed by atoms with Crippen LogP contribution in [-0.4, -0.2) is 29.7 Å². The van der Waals surface area contributed by atoms with E-state index in [1.165, 1.54) is 5.56 Å². The van der Waals surface area contributed by atoms with Crippen molar-refractivity contribution in [2.45, 2.75) is 43.8 Å². The number of phenolic OH excluding ortho intramolecular Hbond substituents is 1. The molecule has 0 aromatic heterocycles. The highest BCUT2D eigenvalue weighted by molar-refractivity contribution is 5.44. The second-order valence-corrected chi connectivity index (χ2v) is 5.88. The summed E-state index contributed by atoms with van der Waals surface area (Å²) >= 11 is 0. The summed E-state index contributed by atoms with van der Waals surface area (Å²) in [6, 6.07) is 5.37. The van der Waals surface area contributed by atoms with Gasteiger partial charge in [0.1, 0.15) is 11.5 Å². The van der Waals surface area contributed by atoms with Gasteiger partial charge >= 0.3 is 0 Å². The summed E-state index contributed by atoms with van der Waals surface area (Å²) in [5, 5.41) is 18.7. The van der Waals surface area contributed by atoms with Gasteiger partial charge in [-0.05, 0) is 43.2 Å². The summed E-state index contributed by atoms with van der Waals surface area (Å²) in [6.45, 7) is 0.205. The van der Waals surface area contributed by atoms with Gasteiger partial charge in [-0.2, -0.15) is 0 Å². The minimum Gasteiger partial charge on any atom is -0.508 e. The average Bonchev–Trinajstić information content (AvgIpc) is 2.46. The van der Waals surface area contributed by atoms with E-state index in [2.05, 4.69) is 0 Å². The van der Waals surface area contributed by atoms with E-state index in [4.69, 9.17) is 14.6 Å². The molecule has 0 spiro atoms. The summed E-state index contributed by atoms with van der Waals surface area (Å²) in [6.07, 6.45) is 4.71. The zero-order valence-electron chi connectivity index (χ0n) is 11.8. The number of fused-ring (bicyclic) bond motifs is 4. The van der Waals surface area contributed by atoms with Gasteiger partial charge in [0.25, 0.3) is 0 Å². The Labute approximate surface area is 119 Å². The minimum absolute atomic E-state index is 0.205. The van der Waals surface area contributed by atoms with Crippen LogP contribution in [0.1, 0.15) is 43.6 Å². The standard InChI is InChI=1S/C16H22O4/c1-19-16-10-11(4-5-12(16)3-2-8-17)14-7-6-13(18)9-15(14)20-16/h6-7,9,11-12,17-18H,2-5,8,10H2,1H3. The highest BCUT2D eigenvalue weighted by Crippen LogP contribution is 2.53. The van der Waals surface area contributed by atoms with Crippen molar-refractivity contribution in [2.24, 2.45) is 5.92 Å². The van der Waals surface area contributed by atoms with Gasteiger partial charge in [0.2, 0.25) is 5.79 Å². The third-order valence-corrected chi connectivity index (χ3v) is 4.79. The molecule has 1 aliphatic heterocycles. The highest BCUT2D eigenvalue weighted by atomic mass is 16.7. The average molecular weight is 278 g/mol. The topological polar surface area (TPSA) is 58.9 Å². The first-order valence-corrected chi connectivity index (χ1v) is 7.36. The molecule has 3 unspecified atom stereocenters. The van der Waals surface area contributed by atoms with E-state index in [9.17, 15) is 5.11 Å². The molecule has 4 heteroatoms. The van der Waals surface area contributed by atoms with Gasteiger partial charge in [0.05, 0.1) is 0 Å². The summed E-state index contributed by atoms with van der Waals surface area (Å²) in [7, 11) is 1.70. The zero-order chi connectivity index (χ0) is 14.2. The van der Waals surface area contributed by atoms with Crippen LogP contribution in [0.25, 0.3) is 0 Å². The lowest BCUT2D eigenvalue weighted by atomic mass is 9.71. The van der Waals surface area contributed by atoms with Crippen LogP contribution in [0.4, 0.5) is 0 Å². The van der Waals surface area contributed by atoms with Gasteiger partial charge < -0.3 is 19.7 Å². The predicted molar refractivity (Wildman–Crippen MR) is 74.9 cm³/mol. The van der Waals surface area contributed by atoms with Crippen LogP contribution in [0.3, 0.4) is 0 Å². The van der Waals surface area contributed by atoms with Crippen molar-refractivity contribution < 1.29 is 19.7 Å². The van der Waals surface area contributed by atoms with E-state index < -0.39 is 5.79 Å². The second-order valence-electron chi connectivity index (χ2n) is 5.88. The molecule has 1 heterocycles. The number of ether oxygens (including phenoxy) is 2. The molecule has 1 aromatic rings. The maximum absolute atomic E-state index is 9.66. The van der Waals surface area contributed by atoms with Crippen molar-refractivity contribution in [2.75, 3.05) is 13.7 Å². The Morgan fingerprint density at radius 2 is 2.25 bits per heavy atom. The smallest absolute Gasteiger partial charge is 0.213 e. The van der Waals surface area contributed by atoms with Gasteiger partial charge in [0.15, 0.2) is 0 Å². The molecule has 2 bridgehead atoms. The maximum atomic E-state index is 9.66. The van der Waals surface area contributed by atoms with Gasteiger partial charge in [-0.3, -0.25) is 0 Å². The second kappa shape index (κ2) is 5.26. The number of benzene rings is 1. The Bertz CT molecular complexity index is 487. The number of methoxy groups -OCH3 is 1. The Kier molecular flexibility index (Phi) is 3.61. The first-order chi connectivity index (χ1) is 9.68. The van der Waals surface area contributed by atoms with Crippen molar-refractivity contribution in [3.63, 3.8) is 0 Å². The molecule has 110 valence electrons. The Morgan fingerprint density at radius 3 is 3.00 bits per heavy atom. The lowest BCUT2D eigenvalue weighted by Gasteiger charge is -2.49. The summed E-state index contributed by atoms with van der Waals surface area (Å²) in [4.78, 5) is 0. The monoisotopic (exact) mass is 278 g/mol. The SMILES string of the molecule is COC12CC(CCC1CCCO)c1ccc(O)cc1O2. The van der Waals surface area contributed by atoms with Crippen LogP contribution in [0.2, 0.25) is 0 Å². The number of phenols is 1. The fourth-order valence-electron chi connectivity index (χ4n) is 3.75. The van der Waals surface area contributed by atoms with Crippen LogP contribution < -0.4 is 4.74 Å². The van der Waals surface area contributed by atoms with E-state index >= 15 is 0 Å². The molecule has 3 atom stereocenters. The number of hydrogen-bond acceptors (Lipinski definition) is 4. The zero-order valence-corrected chi connectivity index (χ0v) is 11.8. The number of aromatic hydroxyl groups is 1. The van der Waals surface area contributed by atoms with Crippen molar-refractivity contribution in [1.82, 2.24) is 0 Å². The van der Waals surface area contributed by atoms with E-state index in [1.54, 1.807) is 19.2 Å². The van der Waals surface area contributed by atoms with Crippen LogP contribution in [-0.2, 0) is 4.74 Å². The van der Waals surface area contributed by atoms with Crippen molar-refractivity contribution in [3.8, 4) is 11.5 Å². The molecule has 0 radical (unpaired) electrons. The lowest BCUT2D eigenvalue weighted by Crippen LogP contribution is -2.52. The molecular weight excluding hydrogens is 256 g/mol. The Hall–Kier alpha value is -1.26. The van der Waals surface area contributed by atoms with E-state index in [-0.39, 0.29) is 12.4 Å². The summed E-state index contributed by atoms with van der Waals surface area (Å²) < 4.78 is 11.9. The molecule has 4 nitrogen and oxygen atoms in total. The van der Waals surface area contributed by atoms with Gasteiger partial charge in [-0.25, -0.2) is 0 Å². The number of aliphatic hydroxyl groups is 1. The van der Waals surface area contributed by atoms with Crippen LogP contribution >= 0.6 is 0 Å². The molecule has 2 N–H and O–H groups in total. The molecule has 1 fully saturated rings. The van der Waals surface area contributed by atoms with Crippen LogP contribution in [0, 0.1) is 5.92 Å². The lowest BCUT2D eigenvalue weighted by molar-refractivity contribution is -0.230. The first-order valence-electron chi connectivity index (χ1n) is 7.36. The quantitative estimate of drug-likeness (QED) is 0.889. The first kappa shape index (κ1) is 13.7. The van der Waals surface area contributed by atoms with Gasteiger partial charge in [0, 0.05) is 32.1 Å². The van der Waals surface area contributed by atoms with Crippen molar-refractivity contribution in [3.05, 3.63) is 23.8 Å². The normalized spacial score (nSPS) is 31.5. The molecule has 0 saturated heterocycles. The van der Waals surface area contributed by atoms with Crippen molar-refractivity contribution in [1.29, 1.82) is 0 Å². The molecule has 1 aliphatic carbocycles. The maximum Gasteiger partial charge on any atom is 0.213 e. The molecule has 20 heavy (non-hydrogen) atoms. The fourth-order valence-corrected chi connectivity index (χ4v) is 3.75.